The van der Waals surface area contributed by atoms with Crippen molar-refractivity contribution in [2.75, 3.05) is 7.11 Å². The summed E-state index contributed by atoms with van der Waals surface area (Å²) in [6.45, 7) is 8.47. The number of rotatable bonds is 1. The Bertz CT molecular complexity index is 251. The normalized spacial score (nSPS) is 31.3. The molecule has 0 radical (unpaired) electrons. The van der Waals surface area contributed by atoms with E-state index in [1.54, 1.807) is 0 Å². The van der Waals surface area contributed by atoms with Gasteiger partial charge in [-0.3, -0.25) is 4.79 Å². The number of hydrogen-bond donors (Lipinski definition) is 0. The summed E-state index contributed by atoms with van der Waals surface area (Å²) in [5, 5.41) is 0. The van der Waals surface area contributed by atoms with E-state index in [2.05, 4.69) is 27.7 Å². The van der Waals surface area contributed by atoms with Crippen LogP contribution in [0.15, 0.2) is 11.6 Å². The fraction of sp³-hybridized carbons (Fsp3) is 0.727. The predicted molar refractivity (Wildman–Crippen MR) is 52.2 cm³/mol. The van der Waals surface area contributed by atoms with Crippen LogP contribution in [0.3, 0.4) is 0 Å². The minimum Gasteiger partial charge on any atom is -0.469 e. The van der Waals surface area contributed by atoms with Crippen molar-refractivity contribution in [1.82, 2.24) is 0 Å². The number of methoxy groups -OCH3 is 1. The Morgan fingerprint density at radius 1 is 1.54 bits per heavy atom. The maximum absolute atomic E-state index is 11.5. The van der Waals surface area contributed by atoms with Crippen LogP contribution < -0.4 is 0 Å². The number of ether oxygens (including phenoxy) is 1. The van der Waals surface area contributed by atoms with Crippen molar-refractivity contribution in [3.8, 4) is 0 Å². The Morgan fingerprint density at radius 2 is 2.08 bits per heavy atom. The van der Waals surface area contributed by atoms with Gasteiger partial charge in [0.15, 0.2) is 0 Å². The lowest BCUT2D eigenvalue weighted by Crippen LogP contribution is -2.31. The summed E-state index contributed by atoms with van der Waals surface area (Å²) >= 11 is 0. The van der Waals surface area contributed by atoms with E-state index in [1.807, 2.05) is 6.08 Å². The van der Waals surface area contributed by atoms with Crippen molar-refractivity contribution in [2.24, 2.45) is 17.3 Å². The minimum atomic E-state index is -0.117. The Kier molecular flexibility index (Phi) is 2.51. The van der Waals surface area contributed by atoms with Gasteiger partial charge in [0.05, 0.1) is 13.0 Å². The van der Waals surface area contributed by atoms with Crippen molar-refractivity contribution in [3.05, 3.63) is 11.6 Å². The standard InChI is InChI=1S/C11H18O2/c1-7-6-9(10(12)13-5)11(3,4)8(7)2/h6,8-9H,1-5H3. The molecule has 1 aliphatic carbocycles. The van der Waals surface area contributed by atoms with Crippen LogP contribution in [-0.2, 0) is 9.53 Å². The zero-order chi connectivity index (χ0) is 10.2. The van der Waals surface area contributed by atoms with E-state index in [4.69, 9.17) is 4.74 Å². The van der Waals surface area contributed by atoms with Gasteiger partial charge in [0, 0.05) is 0 Å². The van der Waals surface area contributed by atoms with Crippen LogP contribution in [0.2, 0.25) is 0 Å². The highest BCUT2D eigenvalue weighted by atomic mass is 16.5. The Labute approximate surface area is 80.0 Å². The van der Waals surface area contributed by atoms with Gasteiger partial charge in [-0.1, -0.05) is 32.4 Å². The van der Waals surface area contributed by atoms with Crippen molar-refractivity contribution in [3.63, 3.8) is 0 Å². The van der Waals surface area contributed by atoms with Crippen LogP contribution in [0.1, 0.15) is 27.7 Å². The largest absolute Gasteiger partial charge is 0.469 e. The molecule has 2 unspecified atom stereocenters. The van der Waals surface area contributed by atoms with E-state index in [0.29, 0.717) is 5.92 Å². The number of esters is 1. The van der Waals surface area contributed by atoms with Gasteiger partial charge in [0.25, 0.3) is 0 Å². The number of carbonyl (C=O) groups is 1. The topological polar surface area (TPSA) is 26.3 Å². The maximum Gasteiger partial charge on any atom is 0.313 e. The highest BCUT2D eigenvalue weighted by Gasteiger charge is 2.43. The molecule has 0 saturated heterocycles. The van der Waals surface area contributed by atoms with E-state index in [0.717, 1.165) is 0 Å². The summed E-state index contributed by atoms with van der Waals surface area (Å²) in [6.07, 6.45) is 2.04. The van der Waals surface area contributed by atoms with Crippen LogP contribution in [-0.4, -0.2) is 13.1 Å². The Hall–Kier alpha value is -0.790. The fourth-order valence-electron chi connectivity index (χ4n) is 1.98. The number of allylic oxidation sites excluding steroid dienone is 1. The summed E-state index contributed by atoms with van der Waals surface area (Å²) in [6, 6.07) is 0. The average Bonchev–Trinajstić information content (AvgIpc) is 2.28. The van der Waals surface area contributed by atoms with Gasteiger partial charge in [0.2, 0.25) is 0 Å². The molecule has 0 aliphatic heterocycles. The van der Waals surface area contributed by atoms with Gasteiger partial charge in [-0.2, -0.15) is 0 Å². The van der Waals surface area contributed by atoms with Crippen LogP contribution in [0.25, 0.3) is 0 Å². The number of hydrogen-bond acceptors (Lipinski definition) is 2. The second-order valence-electron chi connectivity index (χ2n) is 4.45. The first-order chi connectivity index (χ1) is 5.91. The lowest BCUT2D eigenvalue weighted by atomic mass is 9.74. The summed E-state index contributed by atoms with van der Waals surface area (Å²) in [7, 11) is 1.45. The van der Waals surface area contributed by atoms with E-state index in [-0.39, 0.29) is 17.3 Å². The van der Waals surface area contributed by atoms with Crippen LogP contribution in [0.4, 0.5) is 0 Å². The molecule has 0 N–H and O–H groups in total. The molecule has 0 aromatic carbocycles. The molecule has 74 valence electrons. The predicted octanol–water partition coefficient (Wildman–Crippen LogP) is 2.40. The second-order valence-corrected chi connectivity index (χ2v) is 4.45. The molecule has 2 nitrogen and oxygen atoms in total. The summed E-state index contributed by atoms with van der Waals surface area (Å²) in [5.41, 5.74) is 1.29. The SMILES string of the molecule is COC(=O)C1C=C(C)C(C)C1(C)C. The highest BCUT2D eigenvalue weighted by molar-refractivity contribution is 5.76. The highest BCUT2D eigenvalue weighted by Crippen LogP contribution is 2.46. The van der Waals surface area contributed by atoms with Gasteiger partial charge in [0.1, 0.15) is 0 Å². The molecule has 0 saturated carbocycles. The molecule has 0 heterocycles. The molecule has 0 bridgehead atoms. The lowest BCUT2D eigenvalue weighted by Gasteiger charge is -2.30. The van der Waals surface area contributed by atoms with Crippen molar-refractivity contribution in [2.45, 2.75) is 27.7 Å². The quantitative estimate of drug-likeness (QED) is 0.460. The molecule has 0 amide bonds. The molecular weight excluding hydrogens is 164 g/mol. The second kappa shape index (κ2) is 3.17. The van der Waals surface area contributed by atoms with Gasteiger partial charge in [-0.25, -0.2) is 0 Å². The smallest absolute Gasteiger partial charge is 0.313 e. The van der Waals surface area contributed by atoms with E-state index >= 15 is 0 Å². The summed E-state index contributed by atoms with van der Waals surface area (Å²) < 4.78 is 4.78. The van der Waals surface area contributed by atoms with Crippen molar-refractivity contribution >= 4 is 5.97 Å². The maximum atomic E-state index is 11.5. The van der Waals surface area contributed by atoms with Gasteiger partial charge in [-0.05, 0) is 18.3 Å². The Balaban J connectivity index is 2.94. The lowest BCUT2D eigenvalue weighted by molar-refractivity contribution is -0.147. The Morgan fingerprint density at radius 3 is 2.38 bits per heavy atom. The molecule has 0 aromatic heterocycles. The number of carbonyl (C=O) groups excluding carboxylic acids is 1. The first-order valence-electron chi connectivity index (χ1n) is 4.67. The summed E-state index contributed by atoms with van der Waals surface area (Å²) in [4.78, 5) is 11.5. The van der Waals surface area contributed by atoms with Gasteiger partial charge < -0.3 is 4.74 Å². The first-order valence-corrected chi connectivity index (χ1v) is 4.67. The third-order valence-electron chi connectivity index (χ3n) is 3.49. The van der Waals surface area contributed by atoms with Gasteiger partial charge in [-0.15, -0.1) is 0 Å². The van der Waals surface area contributed by atoms with Crippen molar-refractivity contribution < 1.29 is 9.53 Å². The minimum absolute atomic E-state index is 0.00280. The molecule has 0 aromatic rings. The molecule has 0 fully saturated rings. The van der Waals surface area contributed by atoms with Crippen molar-refractivity contribution in [1.29, 1.82) is 0 Å². The van der Waals surface area contributed by atoms with E-state index < -0.39 is 0 Å². The average molecular weight is 182 g/mol. The monoisotopic (exact) mass is 182 g/mol. The third-order valence-corrected chi connectivity index (χ3v) is 3.49. The summed E-state index contributed by atoms with van der Waals surface area (Å²) in [5.74, 6) is 0.262. The zero-order valence-corrected chi connectivity index (χ0v) is 9.05. The van der Waals surface area contributed by atoms with E-state index in [1.165, 1.54) is 12.7 Å². The molecule has 1 rings (SSSR count). The molecular formula is C11H18O2. The molecule has 13 heavy (non-hydrogen) atoms. The fourth-order valence-corrected chi connectivity index (χ4v) is 1.98. The molecule has 2 heteroatoms. The van der Waals surface area contributed by atoms with E-state index in [9.17, 15) is 4.79 Å². The molecule has 2 atom stereocenters. The molecule has 1 aliphatic rings. The third kappa shape index (κ3) is 1.50. The molecule has 0 spiro atoms. The first kappa shape index (κ1) is 10.3. The van der Waals surface area contributed by atoms with Crippen LogP contribution in [0, 0.1) is 17.3 Å². The van der Waals surface area contributed by atoms with Crippen LogP contribution in [0.5, 0.6) is 0 Å². The zero-order valence-electron chi connectivity index (χ0n) is 9.05. The van der Waals surface area contributed by atoms with Gasteiger partial charge >= 0.3 is 5.97 Å². The van der Waals surface area contributed by atoms with Crippen LogP contribution >= 0.6 is 0 Å².